The minimum atomic E-state index is -0.0450. The van der Waals surface area contributed by atoms with Crippen LogP contribution >= 0.6 is 0 Å². The van der Waals surface area contributed by atoms with E-state index >= 15 is 0 Å². The first kappa shape index (κ1) is 88.3. The molecule has 3 aromatic carbocycles. The lowest BCUT2D eigenvalue weighted by Gasteiger charge is -2.06. The van der Waals surface area contributed by atoms with Crippen molar-refractivity contribution in [1.82, 2.24) is 43.7 Å². The smallest absolute Gasteiger partial charge is 0.223 e. The van der Waals surface area contributed by atoms with E-state index in [1.807, 2.05) is 284 Å². The summed E-state index contributed by atoms with van der Waals surface area (Å²) in [5.74, 6) is 0.789. The third kappa shape index (κ3) is 27.7. The van der Waals surface area contributed by atoms with Crippen molar-refractivity contribution in [2.75, 3.05) is 32.5 Å². The van der Waals surface area contributed by atoms with Crippen molar-refractivity contribution in [3.05, 3.63) is 198 Å². The van der Waals surface area contributed by atoms with Gasteiger partial charge in [0.15, 0.2) is 17.5 Å². The lowest BCUT2D eigenvalue weighted by Crippen LogP contribution is -2.22. The van der Waals surface area contributed by atoms with Gasteiger partial charge in [-0.05, 0) is 102 Å². The van der Waals surface area contributed by atoms with Crippen molar-refractivity contribution in [3.8, 4) is 45.0 Å². The third-order valence-corrected chi connectivity index (χ3v) is 11.2. The van der Waals surface area contributed by atoms with Crippen LogP contribution in [-0.2, 0) is 0 Å². The molecule has 17 heteroatoms. The predicted molar refractivity (Wildman–Crippen MR) is 397 cm³/mol. The molecular formula is C74H109B2N13O2. The van der Waals surface area contributed by atoms with E-state index in [-0.39, 0.29) is 34.4 Å². The number of nitrogens with zero attached hydrogens (tertiary/aromatic N) is 10. The van der Waals surface area contributed by atoms with Gasteiger partial charge in [-0.25, -0.2) is 23.5 Å². The minimum Gasteiger partial charge on any atom is -0.383 e. The van der Waals surface area contributed by atoms with Crippen molar-refractivity contribution in [2.45, 2.75) is 152 Å². The predicted octanol–water partition coefficient (Wildman–Crippen LogP) is 18.0. The number of pyridine rings is 3. The number of guanidine groups is 1. The quantitative estimate of drug-likeness (QED) is 0.0367. The summed E-state index contributed by atoms with van der Waals surface area (Å²) in [6.07, 6.45) is 10.8. The zero-order valence-electron chi connectivity index (χ0n) is 59.7. The normalized spacial score (nSPS) is 9.14. The fourth-order valence-corrected chi connectivity index (χ4v) is 8.05. The lowest BCUT2D eigenvalue weighted by atomic mass is 10.0. The monoisotopic (exact) mass is 1230 g/mol. The largest absolute Gasteiger partial charge is 0.383 e. The number of nitrogens with two attached hydrogens (primary N) is 2. The van der Waals surface area contributed by atoms with E-state index in [4.69, 9.17) is 16.6 Å². The van der Waals surface area contributed by atoms with E-state index in [0.29, 0.717) is 29.3 Å². The molecule has 91 heavy (non-hydrogen) atoms. The average molecular weight is 1230 g/mol. The van der Waals surface area contributed by atoms with Gasteiger partial charge in [0.1, 0.15) is 17.1 Å². The molecule has 0 spiro atoms. The molecule has 0 bridgehead atoms. The van der Waals surface area contributed by atoms with Gasteiger partial charge in [0.2, 0.25) is 5.95 Å². The molecule has 10 rings (SSSR count). The molecule has 15 nitrogen and oxygen atoms in total. The van der Waals surface area contributed by atoms with Gasteiger partial charge < -0.3 is 21.7 Å². The topological polar surface area (TPSA) is 191 Å². The summed E-state index contributed by atoms with van der Waals surface area (Å²) in [4.78, 5) is 39.1. The summed E-state index contributed by atoms with van der Waals surface area (Å²) in [7, 11) is 3.78. The van der Waals surface area contributed by atoms with Crippen LogP contribution in [-0.4, -0.2) is 105 Å². The van der Waals surface area contributed by atoms with Gasteiger partial charge >= 0.3 is 0 Å². The van der Waals surface area contributed by atoms with Crippen LogP contribution in [0, 0.1) is 20.8 Å². The Bertz CT molecular complexity index is 3600. The number of benzene rings is 3. The van der Waals surface area contributed by atoms with Crippen LogP contribution in [0.3, 0.4) is 0 Å². The Hall–Kier alpha value is -9.11. The van der Waals surface area contributed by atoms with E-state index in [0.717, 1.165) is 73.6 Å². The molecule has 5 N–H and O–H groups in total. The molecule has 0 atom stereocenters. The standard InChI is InChI=1S/C20H19N5.C19H19N3O.C16H14N2O.C3H9N3.8C2H6.2B/c1-3-21-20-22-11-10-16(23-20)18-17-9-4-5-12-25(17)24-19(18)15-8-6-7-14(2)13-15;1-14-7-6-8-15(13-14)19-18(17(23)10-12-21(2)3)16-9-4-5-11-22(16)20-19;1-11-6-5-7-13(10-11)16-15(12(2)19)14-8-3-4-9-18(14)17-16;1-2-6-3(4)5;8*1-2;;/h4-13H,3H2,1-2H3,(H,21,22,23);4-13H,1-3H3;3-10H,1-2H3;2H2,1H3,(H4,4,5,6);8*1-2H3;;/b;12-10+;;;;;;;;;;;;. The molecule has 7 heterocycles. The number of rotatable bonds is 11. The van der Waals surface area contributed by atoms with Crippen LogP contribution in [0.2, 0.25) is 0 Å². The van der Waals surface area contributed by atoms with Gasteiger partial charge in [0, 0.05) is 97.8 Å². The third-order valence-electron chi connectivity index (χ3n) is 11.2. The van der Waals surface area contributed by atoms with Crippen molar-refractivity contribution < 1.29 is 9.59 Å². The SMILES string of the molecule is CC.CC.CC.CC.CC.CC.CC.CC.CC(=O)c1c(-c2cccc(C)c2)nn2ccccc12.CCN=C(N)N.CCNc1nccc(-c2c(-c3cccc(C)c3)nn3ccccc23)n1.Cc1cccc(-c2nn3ccccc3c2C(=O)/C=C/N(C)C)c1.[B].[B]. The van der Waals surface area contributed by atoms with Gasteiger partial charge in [0.25, 0.3) is 0 Å². The van der Waals surface area contributed by atoms with Gasteiger partial charge in [0.05, 0.1) is 38.9 Å². The first-order valence-electron chi connectivity index (χ1n) is 31.9. The highest BCUT2D eigenvalue weighted by atomic mass is 16.1. The fourth-order valence-electron chi connectivity index (χ4n) is 8.05. The lowest BCUT2D eigenvalue weighted by molar-refractivity contribution is 0.101. The highest BCUT2D eigenvalue weighted by molar-refractivity contribution is 6.13. The Balaban J connectivity index is -0.000000536. The van der Waals surface area contributed by atoms with E-state index < -0.39 is 0 Å². The number of aryl methyl sites for hydroxylation is 3. The number of allylic oxidation sites excluding steroid dienone is 1. The summed E-state index contributed by atoms with van der Waals surface area (Å²) in [6.45, 7) is 45.1. The van der Waals surface area contributed by atoms with Gasteiger partial charge in [-0.2, -0.15) is 15.3 Å². The molecule has 0 amide bonds. The summed E-state index contributed by atoms with van der Waals surface area (Å²) in [5, 5.41) is 17.2. The molecule has 0 aliphatic rings. The number of carbonyl (C=O) groups is 2. The maximum absolute atomic E-state index is 12.7. The number of aromatic nitrogens is 8. The molecular weight excluding hydrogens is 1120 g/mol. The van der Waals surface area contributed by atoms with Crippen molar-refractivity contribution >= 4 is 56.9 Å². The van der Waals surface area contributed by atoms with E-state index in [9.17, 15) is 9.59 Å². The maximum atomic E-state index is 12.7. The van der Waals surface area contributed by atoms with Gasteiger partial charge in [-0.15, -0.1) is 0 Å². The second-order valence-electron chi connectivity index (χ2n) is 17.3. The number of hydrogen-bond donors (Lipinski definition) is 3. The van der Waals surface area contributed by atoms with E-state index in [2.05, 4.69) is 67.7 Å². The first-order chi connectivity index (χ1) is 43.3. The van der Waals surface area contributed by atoms with E-state index in [1.54, 1.807) is 34.4 Å². The van der Waals surface area contributed by atoms with Crippen LogP contribution in [0.25, 0.3) is 61.6 Å². The molecule has 0 aliphatic carbocycles. The number of ketones is 2. The molecule has 10 aromatic rings. The summed E-state index contributed by atoms with van der Waals surface area (Å²) in [5.41, 5.74) is 24.7. The highest BCUT2D eigenvalue weighted by Crippen LogP contribution is 2.35. The van der Waals surface area contributed by atoms with Crippen LogP contribution in [0.5, 0.6) is 0 Å². The van der Waals surface area contributed by atoms with E-state index in [1.165, 1.54) is 5.56 Å². The van der Waals surface area contributed by atoms with Crippen molar-refractivity contribution in [1.29, 1.82) is 0 Å². The molecule has 6 radical (unpaired) electrons. The van der Waals surface area contributed by atoms with Crippen LogP contribution in [0.1, 0.15) is 169 Å². The molecule has 7 aromatic heterocycles. The number of Topliss-reactive ketones (excluding diaryl/α,β-unsaturated/α-hetero) is 1. The number of aliphatic imine (C=N–C) groups is 1. The van der Waals surface area contributed by atoms with Crippen molar-refractivity contribution in [3.63, 3.8) is 0 Å². The first-order valence-corrected chi connectivity index (χ1v) is 31.9. The molecule has 488 valence electrons. The van der Waals surface area contributed by atoms with Crippen LogP contribution in [0.4, 0.5) is 5.95 Å². The Morgan fingerprint density at radius 1 is 0.527 bits per heavy atom. The molecule has 0 saturated heterocycles. The molecule has 0 saturated carbocycles. The maximum Gasteiger partial charge on any atom is 0.223 e. The molecule has 0 aliphatic heterocycles. The van der Waals surface area contributed by atoms with Crippen LogP contribution < -0.4 is 16.8 Å². The Labute approximate surface area is 552 Å². The highest BCUT2D eigenvalue weighted by Gasteiger charge is 2.21. The summed E-state index contributed by atoms with van der Waals surface area (Å²) in [6, 6.07) is 44.0. The number of nitrogens with one attached hydrogen (secondary N) is 1. The zero-order chi connectivity index (χ0) is 68.0. The van der Waals surface area contributed by atoms with Crippen molar-refractivity contribution in [2.24, 2.45) is 16.5 Å². The summed E-state index contributed by atoms with van der Waals surface area (Å²) < 4.78 is 5.42. The van der Waals surface area contributed by atoms with Gasteiger partial charge in [-0.1, -0.05) is 200 Å². The van der Waals surface area contributed by atoms with Gasteiger partial charge in [-0.3, -0.25) is 14.6 Å². The molecule has 0 unspecified atom stereocenters. The Morgan fingerprint density at radius 2 is 0.912 bits per heavy atom. The average Bonchev–Trinajstić information content (AvgIpc) is 1.70. The zero-order valence-corrected chi connectivity index (χ0v) is 59.7. The number of fused-ring (bicyclic) bond motifs is 3. The number of anilines is 1. The Morgan fingerprint density at radius 3 is 1.29 bits per heavy atom. The second-order valence-corrected chi connectivity index (χ2v) is 17.3. The second kappa shape index (κ2) is 51.7. The minimum absolute atomic E-state index is 0. The number of hydrogen-bond acceptors (Lipinski definition) is 10. The Kier molecular flexibility index (Phi) is 50.2. The number of carbonyl (C=O) groups excluding carboxylic acids is 2. The summed E-state index contributed by atoms with van der Waals surface area (Å²) >= 11 is 0. The molecule has 0 fully saturated rings. The van der Waals surface area contributed by atoms with Crippen LogP contribution in [0.15, 0.2) is 176 Å². The fraction of sp³-hybridized carbons (Fsp3) is 0.351.